The summed E-state index contributed by atoms with van der Waals surface area (Å²) in [4.78, 5) is 4.17. The van der Waals surface area contributed by atoms with Crippen molar-refractivity contribution in [2.75, 3.05) is 31.2 Å². The monoisotopic (exact) mass is 322 g/mol. The third kappa shape index (κ3) is 4.09. The number of anilines is 3. The Labute approximate surface area is 130 Å². The topological polar surface area (TPSA) is 83.6 Å². The lowest BCUT2D eigenvalue weighted by molar-refractivity contribution is 0.415. The van der Waals surface area contributed by atoms with E-state index in [2.05, 4.69) is 15.0 Å². The van der Waals surface area contributed by atoms with E-state index in [9.17, 15) is 8.42 Å². The van der Waals surface area contributed by atoms with E-state index in [1.807, 2.05) is 24.3 Å². The van der Waals surface area contributed by atoms with Crippen molar-refractivity contribution >= 4 is 27.4 Å². The number of methoxy groups -OCH3 is 1. The fraction of sp³-hybridized carbons (Fsp3) is 0.214. The van der Waals surface area contributed by atoms with Crippen molar-refractivity contribution in [3.05, 3.63) is 42.6 Å². The van der Waals surface area contributed by atoms with E-state index in [0.717, 1.165) is 15.7 Å². The number of hydrogen-bond donors (Lipinski definition) is 2. The largest absolute Gasteiger partial charge is 0.497 e. The van der Waals surface area contributed by atoms with Crippen LogP contribution in [0.2, 0.25) is 0 Å². The first-order valence-corrected chi connectivity index (χ1v) is 7.92. The SMILES string of the molecule is COc1ccc(Nc2ccc(NS(=O)(=O)N(C)C)cn2)cc1. The highest BCUT2D eigenvalue weighted by molar-refractivity contribution is 7.90. The Morgan fingerprint density at radius 3 is 2.18 bits per heavy atom. The van der Waals surface area contributed by atoms with Crippen LogP contribution in [0, 0.1) is 0 Å². The minimum atomic E-state index is -3.52. The van der Waals surface area contributed by atoms with E-state index in [4.69, 9.17) is 4.74 Å². The van der Waals surface area contributed by atoms with E-state index in [1.165, 1.54) is 20.3 Å². The lowest BCUT2D eigenvalue weighted by Gasteiger charge is -2.13. The maximum Gasteiger partial charge on any atom is 0.301 e. The van der Waals surface area contributed by atoms with Crippen molar-refractivity contribution in [1.29, 1.82) is 0 Å². The molecule has 0 amide bonds. The van der Waals surface area contributed by atoms with Gasteiger partial charge >= 0.3 is 10.2 Å². The van der Waals surface area contributed by atoms with Gasteiger partial charge in [0.05, 0.1) is 19.0 Å². The zero-order valence-electron chi connectivity index (χ0n) is 12.6. The van der Waals surface area contributed by atoms with Crippen LogP contribution in [0.4, 0.5) is 17.2 Å². The molecule has 2 rings (SSSR count). The maximum atomic E-state index is 11.7. The molecule has 0 bridgehead atoms. The quantitative estimate of drug-likeness (QED) is 0.850. The second-order valence-electron chi connectivity index (χ2n) is 4.68. The minimum absolute atomic E-state index is 0.397. The highest BCUT2D eigenvalue weighted by atomic mass is 32.2. The number of nitrogens with zero attached hydrogens (tertiary/aromatic N) is 2. The first-order chi connectivity index (χ1) is 10.4. The number of hydrogen-bond acceptors (Lipinski definition) is 5. The van der Waals surface area contributed by atoms with E-state index in [0.29, 0.717) is 11.5 Å². The molecule has 118 valence electrons. The van der Waals surface area contributed by atoms with Crippen LogP contribution in [0.1, 0.15) is 0 Å². The normalized spacial score (nSPS) is 11.3. The molecule has 8 heteroatoms. The second-order valence-corrected chi connectivity index (χ2v) is 6.56. The van der Waals surface area contributed by atoms with Gasteiger partial charge in [-0.1, -0.05) is 0 Å². The van der Waals surface area contributed by atoms with Gasteiger partial charge in [-0.3, -0.25) is 4.72 Å². The molecule has 2 aromatic rings. The molecule has 0 saturated heterocycles. The van der Waals surface area contributed by atoms with E-state index in [1.54, 1.807) is 19.2 Å². The van der Waals surface area contributed by atoms with E-state index >= 15 is 0 Å². The highest BCUT2D eigenvalue weighted by Crippen LogP contribution is 2.19. The van der Waals surface area contributed by atoms with Crippen LogP contribution in [0.3, 0.4) is 0 Å². The van der Waals surface area contributed by atoms with Crippen molar-refractivity contribution in [2.24, 2.45) is 0 Å². The Hall–Kier alpha value is -2.32. The lowest BCUT2D eigenvalue weighted by atomic mass is 10.3. The van der Waals surface area contributed by atoms with Crippen molar-refractivity contribution < 1.29 is 13.2 Å². The van der Waals surface area contributed by atoms with Gasteiger partial charge in [-0.2, -0.15) is 12.7 Å². The zero-order chi connectivity index (χ0) is 16.2. The van der Waals surface area contributed by atoms with Gasteiger partial charge in [0.25, 0.3) is 0 Å². The van der Waals surface area contributed by atoms with Gasteiger partial charge < -0.3 is 10.1 Å². The van der Waals surface area contributed by atoms with Crippen molar-refractivity contribution in [1.82, 2.24) is 9.29 Å². The Bertz CT molecular complexity index is 713. The predicted octanol–water partition coefficient (Wildman–Crippen LogP) is 2.05. The number of nitrogens with one attached hydrogen (secondary N) is 2. The first kappa shape index (κ1) is 16.1. The number of aromatic nitrogens is 1. The number of benzene rings is 1. The smallest absolute Gasteiger partial charge is 0.301 e. The predicted molar refractivity (Wildman–Crippen MR) is 86.7 cm³/mol. The molecule has 1 heterocycles. The Morgan fingerprint density at radius 2 is 1.68 bits per heavy atom. The summed E-state index contributed by atoms with van der Waals surface area (Å²) in [6.45, 7) is 0. The van der Waals surface area contributed by atoms with Crippen LogP contribution in [0.5, 0.6) is 5.75 Å². The molecular weight excluding hydrogens is 304 g/mol. The van der Waals surface area contributed by atoms with Gasteiger partial charge in [0.2, 0.25) is 0 Å². The van der Waals surface area contributed by atoms with E-state index in [-0.39, 0.29) is 0 Å². The van der Waals surface area contributed by atoms with E-state index < -0.39 is 10.2 Å². The summed E-state index contributed by atoms with van der Waals surface area (Å²) in [5, 5.41) is 3.11. The molecule has 0 fully saturated rings. The summed E-state index contributed by atoms with van der Waals surface area (Å²) in [5.74, 6) is 1.38. The zero-order valence-corrected chi connectivity index (χ0v) is 13.4. The summed E-state index contributed by atoms with van der Waals surface area (Å²) in [6, 6.07) is 10.7. The van der Waals surface area contributed by atoms with Gasteiger partial charge in [-0.05, 0) is 36.4 Å². The molecule has 0 spiro atoms. The Balaban J connectivity index is 2.05. The van der Waals surface area contributed by atoms with Gasteiger partial charge in [-0.15, -0.1) is 0 Å². The lowest BCUT2D eigenvalue weighted by Crippen LogP contribution is -2.28. The molecule has 2 N–H and O–H groups in total. The van der Waals surface area contributed by atoms with Crippen LogP contribution in [0.25, 0.3) is 0 Å². The molecule has 0 aliphatic rings. The van der Waals surface area contributed by atoms with Gasteiger partial charge in [0, 0.05) is 19.8 Å². The van der Waals surface area contributed by atoms with Crippen LogP contribution < -0.4 is 14.8 Å². The summed E-state index contributed by atoms with van der Waals surface area (Å²) in [7, 11) is 0.994. The van der Waals surface area contributed by atoms with Crippen LogP contribution in [-0.2, 0) is 10.2 Å². The third-order valence-corrected chi connectivity index (χ3v) is 4.31. The van der Waals surface area contributed by atoms with Crippen LogP contribution in [0.15, 0.2) is 42.6 Å². The van der Waals surface area contributed by atoms with Crippen molar-refractivity contribution in [2.45, 2.75) is 0 Å². The number of rotatable bonds is 6. The average molecular weight is 322 g/mol. The summed E-state index contributed by atoms with van der Waals surface area (Å²) < 4.78 is 32.0. The standard InChI is InChI=1S/C14H18N4O3S/c1-18(2)22(19,20)17-12-6-9-14(15-10-12)16-11-4-7-13(21-3)8-5-11/h4-10,17H,1-3H3,(H,15,16). The fourth-order valence-corrected chi connectivity index (χ4v) is 2.19. The summed E-state index contributed by atoms with van der Waals surface area (Å²) in [5.41, 5.74) is 1.25. The maximum absolute atomic E-state index is 11.7. The summed E-state index contributed by atoms with van der Waals surface area (Å²) in [6.07, 6.45) is 1.45. The third-order valence-electron chi connectivity index (χ3n) is 2.85. The second kappa shape index (κ2) is 6.63. The number of ether oxygens (including phenoxy) is 1. The molecular formula is C14H18N4O3S. The van der Waals surface area contributed by atoms with Crippen LogP contribution >= 0.6 is 0 Å². The molecule has 0 atom stereocenters. The first-order valence-electron chi connectivity index (χ1n) is 6.48. The fourth-order valence-electron chi connectivity index (χ4n) is 1.59. The molecule has 1 aromatic heterocycles. The molecule has 0 radical (unpaired) electrons. The molecule has 22 heavy (non-hydrogen) atoms. The van der Waals surface area contributed by atoms with Crippen molar-refractivity contribution in [3.63, 3.8) is 0 Å². The van der Waals surface area contributed by atoms with Crippen molar-refractivity contribution in [3.8, 4) is 5.75 Å². The molecule has 0 aliphatic carbocycles. The van der Waals surface area contributed by atoms with Gasteiger partial charge in [0.15, 0.2) is 0 Å². The average Bonchev–Trinajstić information content (AvgIpc) is 2.49. The summed E-state index contributed by atoms with van der Waals surface area (Å²) >= 11 is 0. The molecule has 0 unspecified atom stereocenters. The molecule has 7 nitrogen and oxygen atoms in total. The number of pyridine rings is 1. The molecule has 0 saturated carbocycles. The highest BCUT2D eigenvalue weighted by Gasteiger charge is 2.12. The van der Waals surface area contributed by atoms with Crippen LogP contribution in [-0.4, -0.2) is 38.9 Å². The molecule has 0 aliphatic heterocycles. The van der Waals surface area contributed by atoms with Gasteiger partial charge in [-0.25, -0.2) is 4.98 Å². The molecule has 1 aromatic carbocycles. The Kier molecular flexibility index (Phi) is 4.84. The minimum Gasteiger partial charge on any atom is -0.497 e. The van der Waals surface area contributed by atoms with Gasteiger partial charge in [0.1, 0.15) is 11.6 Å². The Morgan fingerprint density at radius 1 is 1.05 bits per heavy atom.